The molecule has 2 heterocycles. The first-order valence-electron chi connectivity index (χ1n) is 8.89. The molecule has 3 rings (SSSR count). The Balaban J connectivity index is 0.00000261. The Morgan fingerprint density at radius 2 is 2.19 bits per heavy atom. The third-order valence-corrected chi connectivity index (χ3v) is 4.76. The molecule has 1 aliphatic rings. The Morgan fingerprint density at radius 3 is 2.85 bits per heavy atom. The molecule has 0 saturated carbocycles. The van der Waals surface area contributed by atoms with E-state index in [9.17, 15) is 4.39 Å². The van der Waals surface area contributed by atoms with Gasteiger partial charge in [0.25, 0.3) is 0 Å². The Labute approximate surface area is 176 Å². The topological polar surface area (TPSA) is 70.4 Å². The molecule has 1 fully saturated rings. The number of hydrogen-bond acceptors (Lipinski definition) is 4. The first-order chi connectivity index (χ1) is 12.6. The molecule has 1 saturated heterocycles. The van der Waals surface area contributed by atoms with Crippen LogP contribution in [0.4, 0.5) is 10.1 Å². The number of hydrogen-bond donors (Lipinski definition) is 2. The second kappa shape index (κ2) is 9.86. The largest absolute Gasteiger partial charge is 0.369 e. The molecule has 7 nitrogen and oxygen atoms in total. The summed E-state index contributed by atoms with van der Waals surface area (Å²) in [5.74, 6) is 2.27. The van der Waals surface area contributed by atoms with Crippen LogP contribution in [-0.4, -0.2) is 46.9 Å². The summed E-state index contributed by atoms with van der Waals surface area (Å²) in [6, 6.07) is 7.02. The third-order valence-electron chi connectivity index (χ3n) is 4.76. The smallest absolute Gasteiger partial charge is 0.191 e. The van der Waals surface area contributed by atoms with E-state index >= 15 is 0 Å². The van der Waals surface area contributed by atoms with Gasteiger partial charge in [0.2, 0.25) is 0 Å². The number of aryl methyl sites for hydroxylation is 1. The summed E-state index contributed by atoms with van der Waals surface area (Å²) in [7, 11) is 3.70. The van der Waals surface area contributed by atoms with Crippen molar-refractivity contribution >= 4 is 35.6 Å². The van der Waals surface area contributed by atoms with Crippen LogP contribution >= 0.6 is 24.0 Å². The molecule has 0 spiro atoms. The highest BCUT2D eigenvalue weighted by Crippen LogP contribution is 2.20. The van der Waals surface area contributed by atoms with Crippen LogP contribution < -0.4 is 15.5 Å². The number of aliphatic imine (C=N–C) groups is 1. The fourth-order valence-electron chi connectivity index (χ4n) is 3.16. The highest BCUT2D eigenvalue weighted by molar-refractivity contribution is 14.0. The summed E-state index contributed by atoms with van der Waals surface area (Å²) in [5.41, 5.74) is 0.925. The van der Waals surface area contributed by atoms with Gasteiger partial charge in [-0.2, -0.15) is 0 Å². The van der Waals surface area contributed by atoms with Gasteiger partial charge in [-0.05, 0) is 38.0 Å². The number of halogens is 2. The van der Waals surface area contributed by atoms with Gasteiger partial charge in [0.1, 0.15) is 11.6 Å². The minimum absolute atomic E-state index is 0. The van der Waals surface area contributed by atoms with E-state index in [1.165, 1.54) is 6.07 Å². The normalized spacial score (nSPS) is 17.4. The maximum atomic E-state index is 13.5. The summed E-state index contributed by atoms with van der Waals surface area (Å²) < 4.78 is 15.4. The molecule has 0 radical (unpaired) electrons. The Bertz CT molecular complexity index is 777. The number of benzene rings is 1. The maximum absolute atomic E-state index is 13.5. The number of guanidine groups is 1. The first kappa shape index (κ1) is 21.4. The standard InChI is InChI=1S/C18H26FN7.HI/c1-13-23-24-17(25(13)3)11-21-18(20-2)22-15-7-5-9-26(12-15)16-8-4-6-14(19)10-16;/h4,6,8,10,15H,5,7,9,11-12H2,1-3H3,(H2,20,21,22);1H. The van der Waals surface area contributed by atoms with Crippen LogP contribution in [0.5, 0.6) is 0 Å². The molecular weight excluding hydrogens is 460 g/mol. The number of nitrogens with zero attached hydrogens (tertiary/aromatic N) is 5. The molecule has 1 aromatic heterocycles. The minimum Gasteiger partial charge on any atom is -0.369 e. The zero-order valence-corrected chi connectivity index (χ0v) is 18.3. The van der Waals surface area contributed by atoms with E-state index in [2.05, 4.69) is 30.7 Å². The van der Waals surface area contributed by atoms with Gasteiger partial charge in [0, 0.05) is 38.9 Å². The van der Waals surface area contributed by atoms with Crippen LogP contribution in [0, 0.1) is 12.7 Å². The van der Waals surface area contributed by atoms with Gasteiger partial charge in [-0.3, -0.25) is 4.99 Å². The molecule has 1 aromatic carbocycles. The highest BCUT2D eigenvalue weighted by Gasteiger charge is 2.21. The van der Waals surface area contributed by atoms with Gasteiger partial charge in [-0.1, -0.05) is 6.07 Å². The molecule has 2 N–H and O–H groups in total. The quantitative estimate of drug-likeness (QED) is 0.393. The molecule has 27 heavy (non-hydrogen) atoms. The van der Waals surface area contributed by atoms with Crippen molar-refractivity contribution in [3.63, 3.8) is 0 Å². The van der Waals surface area contributed by atoms with Crippen molar-refractivity contribution < 1.29 is 4.39 Å². The van der Waals surface area contributed by atoms with Crippen molar-refractivity contribution in [2.24, 2.45) is 12.0 Å². The Kier molecular flexibility index (Phi) is 7.81. The van der Waals surface area contributed by atoms with Crippen molar-refractivity contribution in [1.29, 1.82) is 0 Å². The fourth-order valence-corrected chi connectivity index (χ4v) is 3.16. The van der Waals surface area contributed by atoms with Crippen molar-refractivity contribution in [1.82, 2.24) is 25.4 Å². The number of aromatic nitrogens is 3. The highest BCUT2D eigenvalue weighted by atomic mass is 127. The number of piperidine rings is 1. The van der Waals surface area contributed by atoms with Crippen LogP contribution in [0.2, 0.25) is 0 Å². The van der Waals surface area contributed by atoms with Crippen molar-refractivity contribution in [3.8, 4) is 0 Å². The van der Waals surface area contributed by atoms with Crippen molar-refractivity contribution in [2.45, 2.75) is 32.4 Å². The summed E-state index contributed by atoms with van der Waals surface area (Å²) in [4.78, 5) is 6.52. The Hall–Kier alpha value is -1.91. The van der Waals surface area contributed by atoms with Gasteiger partial charge in [0.05, 0.1) is 6.54 Å². The Morgan fingerprint density at radius 1 is 1.37 bits per heavy atom. The molecule has 0 aliphatic carbocycles. The van der Waals surface area contributed by atoms with E-state index in [1.807, 2.05) is 24.6 Å². The lowest BCUT2D eigenvalue weighted by molar-refractivity contribution is 0.467. The van der Waals surface area contributed by atoms with Crippen molar-refractivity contribution in [3.05, 3.63) is 41.7 Å². The maximum Gasteiger partial charge on any atom is 0.191 e. The average molecular weight is 487 g/mol. The van der Waals surface area contributed by atoms with Crippen molar-refractivity contribution in [2.75, 3.05) is 25.0 Å². The molecule has 0 bridgehead atoms. The lowest BCUT2D eigenvalue weighted by Crippen LogP contribution is -2.51. The van der Waals surface area contributed by atoms with E-state index in [-0.39, 0.29) is 35.8 Å². The van der Waals surface area contributed by atoms with Gasteiger partial charge in [0.15, 0.2) is 11.8 Å². The minimum atomic E-state index is -0.200. The zero-order valence-electron chi connectivity index (χ0n) is 15.9. The van der Waals surface area contributed by atoms with Gasteiger partial charge < -0.3 is 20.1 Å². The molecular formula is C18H27FIN7. The lowest BCUT2D eigenvalue weighted by Gasteiger charge is -2.35. The molecule has 0 amide bonds. The van der Waals surface area contributed by atoms with Gasteiger partial charge >= 0.3 is 0 Å². The summed E-state index contributed by atoms with van der Waals surface area (Å²) in [6.45, 7) is 4.23. The van der Waals surface area contributed by atoms with Crippen LogP contribution in [0.15, 0.2) is 29.3 Å². The number of nitrogens with one attached hydrogen (secondary N) is 2. The van der Waals surface area contributed by atoms with Crippen LogP contribution in [-0.2, 0) is 13.6 Å². The summed E-state index contributed by atoms with van der Waals surface area (Å²) in [6.07, 6.45) is 2.10. The zero-order chi connectivity index (χ0) is 18.5. The van der Waals surface area contributed by atoms with Crippen LogP contribution in [0.25, 0.3) is 0 Å². The third kappa shape index (κ3) is 5.53. The summed E-state index contributed by atoms with van der Waals surface area (Å²) in [5, 5.41) is 15.0. The second-order valence-corrected chi connectivity index (χ2v) is 6.56. The summed E-state index contributed by atoms with van der Waals surface area (Å²) >= 11 is 0. The molecule has 9 heteroatoms. The molecule has 1 unspecified atom stereocenters. The molecule has 1 atom stereocenters. The second-order valence-electron chi connectivity index (χ2n) is 6.56. The van der Waals surface area contributed by atoms with Crippen LogP contribution in [0.1, 0.15) is 24.5 Å². The van der Waals surface area contributed by atoms with E-state index in [0.29, 0.717) is 6.54 Å². The predicted molar refractivity (Wildman–Crippen MR) is 116 cm³/mol. The van der Waals surface area contributed by atoms with E-state index in [4.69, 9.17) is 0 Å². The van der Waals surface area contributed by atoms with Gasteiger partial charge in [-0.15, -0.1) is 34.2 Å². The van der Waals surface area contributed by atoms with E-state index < -0.39 is 0 Å². The fraction of sp³-hybridized carbons (Fsp3) is 0.500. The molecule has 148 valence electrons. The molecule has 2 aromatic rings. The number of rotatable bonds is 4. The van der Waals surface area contributed by atoms with E-state index in [0.717, 1.165) is 49.2 Å². The van der Waals surface area contributed by atoms with Crippen LogP contribution in [0.3, 0.4) is 0 Å². The van der Waals surface area contributed by atoms with Gasteiger partial charge in [-0.25, -0.2) is 4.39 Å². The average Bonchev–Trinajstić information content (AvgIpc) is 2.97. The van der Waals surface area contributed by atoms with E-state index in [1.54, 1.807) is 19.2 Å². The first-order valence-corrected chi connectivity index (χ1v) is 8.89. The molecule has 1 aliphatic heterocycles. The monoisotopic (exact) mass is 487 g/mol. The predicted octanol–water partition coefficient (Wildman–Crippen LogP) is 2.21. The number of anilines is 1. The lowest BCUT2D eigenvalue weighted by atomic mass is 10.0. The SMILES string of the molecule is CN=C(NCc1nnc(C)n1C)NC1CCCN(c2cccc(F)c2)C1.I.